The van der Waals surface area contributed by atoms with Crippen molar-refractivity contribution in [3.63, 3.8) is 0 Å². The molecule has 2 heterocycles. The molecular weight excluding hydrogens is 380 g/mol. The van der Waals surface area contributed by atoms with Crippen molar-refractivity contribution >= 4 is 15.9 Å². The molecule has 3 rings (SSSR count). The SMILES string of the molecule is COc1ccc(C2(CNC(=O)C3CCN(S(C)(=O)=O)CC3)CCOCC2)cc1. The van der Waals surface area contributed by atoms with E-state index in [1.165, 1.54) is 16.1 Å². The molecule has 0 unspecified atom stereocenters. The standard InChI is InChI=1S/C20H30N2O5S/c1-26-18-5-3-17(4-6-18)20(9-13-27-14-10-20)15-21-19(23)16-7-11-22(12-8-16)28(2,24)25/h3-6,16H,7-15H2,1-2H3,(H,21,23). The third-order valence-electron chi connectivity index (χ3n) is 6.05. The molecule has 0 radical (unpaired) electrons. The number of amides is 1. The number of rotatable bonds is 6. The van der Waals surface area contributed by atoms with E-state index in [9.17, 15) is 13.2 Å². The second-order valence-electron chi connectivity index (χ2n) is 7.78. The van der Waals surface area contributed by atoms with E-state index in [1.807, 2.05) is 12.1 Å². The van der Waals surface area contributed by atoms with Gasteiger partial charge in [-0.25, -0.2) is 12.7 Å². The Morgan fingerprint density at radius 1 is 1.21 bits per heavy atom. The summed E-state index contributed by atoms with van der Waals surface area (Å²) >= 11 is 0. The van der Waals surface area contributed by atoms with E-state index in [0.717, 1.165) is 18.6 Å². The zero-order valence-corrected chi connectivity index (χ0v) is 17.5. The summed E-state index contributed by atoms with van der Waals surface area (Å²) < 4.78 is 35.6. The maximum Gasteiger partial charge on any atom is 0.223 e. The number of methoxy groups -OCH3 is 1. The first-order valence-corrected chi connectivity index (χ1v) is 11.6. The fraction of sp³-hybridized carbons (Fsp3) is 0.650. The van der Waals surface area contributed by atoms with Crippen LogP contribution in [0, 0.1) is 5.92 Å². The van der Waals surface area contributed by atoms with Crippen LogP contribution in [0.3, 0.4) is 0 Å². The maximum absolute atomic E-state index is 12.7. The lowest BCUT2D eigenvalue weighted by molar-refractivity contribution is -0.126. The van der Waals surface area contributed by atoms with Crippen molar-refractivity contribution in [2.45, 2.75) is 31.1 Å². The van der Waals surface area contributed by atoms with Gasteiger partial charge in [0, 0.05) is 44.2 Å². The fourth-order valence-corrected chi connectivity index (χ4v) is 5.00. The number of ether oxygens (including phenoxy) is 2. The molecule has 1 amide bonds. The molecule has 2 aliphatic heterocycles. The summed E-state index contributed by atoms with van der Waals surface area (Å²) in [5, 5.41) is 3.15. The summed E-state index contributed by atoms with van der Waals surface area (Å²) in [5.41, 5.74) is 1.04. The molecule has 0 spiro atoms. The van der Waals surface area contributed by atoms with Crippen LogP contribution in [0.4, 0.5) is 0 Å². The summed E-state index contributed by atoms with van der Waals surface area (Å²) in [4.78, 5) is 12.7. The predicted octanol–water partition coefficient (Wildman–Crippen LogP) is 1.53. The largest absolute Gasteiger partial charge is 0.497 e. The first-order chi connectivity index (χ1) is 13.3. The highest BCUT2D eigenvalue weighted by Gasteiger charge is 2.36. The molecule has 2 fully saturated rings. The number of hydrogen-bond acceptors (Lipinski definition) is 5. The molecule has 1 aromatic rings. The summed E-state index contributed by atoms with van der Waals surface area (Å²) in [7, 11) is -1.53. The smallest absolute Gasteiger partial charge is 0.223 e. The first-order valence-electron chi connectivity index (χ1n) is 9.79. The van der Waals surface area contributed by atoms with E-state index < -0.39 is 10.0 Å². The molecule has 0 saturated carbocycles. The molecule has 28 heavy (non-hydrogen) atoms. The Hall–Kier alpha value is -1.64. The third kappa shape index (κ3) is 4.85. The number of sulfonamides is 1. The van der Waals surface area contributed by atoms with Crippen LogP contribution in [0.25, 0.3) is 0 Å². The number of piperidine rings is 1. The van der Waals surface area contributed by atoms with Crippen molar-refractivity contribution in [1.82, 2.24) is 9.62 Å². The highest BCUT2D eigenvalue weighted by atomic mass is 32.2. The van der Waals surface area contributed by atoms with E-state index in [4.69, 9.17) is 9.47 Å². The maximum atomic E-state index is 12.7. The van der Waals surface area contributed by atoms with Crippen molar-refractivity contribution < 1.29 is 22.7 Å². The van der Waals surface area contributed by atoms with Crippen LogP contribution in [0.2, 0.25) is 0 Å². The minimum atomic E-state index is -3.18. The van der Waals surface area contributed by atoms with Crippen molar-refractivity contribution in [1.29, 1.82) is 0 Å². The van der Waals surface area contributed by atoms with E-state index in [2.05, 4.69) is 17.4 Å². The molecule has 2 saturated heterocycles. The highest BCUT2D eigenvalue weighted by Crippen LogP contribution is 2.35. The lowest BCUT2D eigenvalue weighted by atomic mass is 9.74. The van der Waals surface area contributed by atoms with Crippen LogP contribution in [-0.2, 0) is 25.0 Å². The number of nitrogens with zero attached hydrogens (tertiary/aromatic N) is 1. The lowest BCUT2D eigenvalue weighted by Crippen LogP contribution is -2.48. The molecule has 0 aromatic heterocycles. The Labute approximate surface area is 167 Å². The van der Waals surface area contributed by atoms with Gasteiger partial charge in [0.25, 0.3) is 0 Å². The van der Waals surface area contributed by atoms with Gasteiger partial charge in [0.15, 0.2) is 0 Å². The van der Waals surface area contributed by atoms with Gasteiger partial charge in [-0.05, 0) is 43.4 Å². The quantitative estimate of drug-likeness (QED) is 0.769. The molecule has 0 bridgehead atoms. The van der Waals surface area contributed by atoms with Crippen LogP contribution in [-0.4, -0.2) is 64.8 Å². The molecule has 156 valence electrons. The van der Waals surface area contributed by atoms with E-state index in [1.54, 1.807) is 7.11 Å². The van der Waals surface area contributed by atoms with Gasteiger partial charge in [0.2, 0.25) is 15.9 Å². The number of benzene rings is 1. The van der Waals surface area contributed by atoms with Crippen LogP contribution in [0.15, 0.2) is 24.3 Å². The number of nitrogens with one attached hydrogen (secondary N) is 1. The molecule has 0 atom stereocenters. The van der Waals surface area contributed by atoms with Crippen molar-refractivity contribution in [3.05, 3.63) is 29.8 Å². The number of carbonyl (C=O) groups is 1. The Morgan fingerprint density at radius 2 is 1.82 bits per heavy atom. The van der Waals surface area contributed by atoms with Crippen LogP contribution >= 0.6 is 0 Å². The summed E-state index contributed by atoms with van der Waals surface area (Å²) in [6.45, 7) is 2.74. The summed E-state index contributed by atoms with van der Waals surface area (Å²) in [6.07, 6.45) is 4.06. The van der Waals surface area contributed by atoms with Gasteiger partial charge in [-0.2, -0.15) is 0 Å². The van der Waals surface area contributed by atoms with Gasteiger partial charge in [-0.3, -0.25) is 4.79 Å². The molecule has 1 N–H and O–H groups in total. The second kappa shape index (κ2) is 8.80. The van der Waals surface area contributed by atoms with Crippen molar-refractivity contribution in [3.8, 4) is 5.75 Å². The molecular formula is C20H30N2O5S. The average Bonchev–Trinajstić information content (AvgIpc) is 2.72. The number of hydrogen-bond donors (Lipinski definition) is 1. The third-order valence-corrected chi connectivity index (χ3v) is 7.35. The zero-order chi connectivity index (χ0) is 20.2. The van der Waals surface area contributed by atoms with Gasteiger partial charge in [0.1, 0.15) is 5.75 Å². The van der Waals surface area contributed by atoms with Crippen LogP contribution < -0.4 is 10.1 Å². The molecule has 7 nitrogen and oxygen atoms in total. The van der Waals surface area contributed by atoms with Crippen molar-refractivity contribution in [2.24, 2.45) is 5.92 Å². The van der Waals surface area contributed by atoms with E-state index in [-0.39, 0.29) is 17.2 Å². The van der Waals surface area contributed by atoms with Gasteiger partial charge in [-0.15, -0.1) is 0 Å². The van der Waals surface area contributed by atoms with Gasteiger partial charge < -0.3 is 14.8 Å². The lowest BCUT2D eigenvalue weighted by Gasteiger charge is -2.38. The van der Waals surface area contributed by atoms with Crippen LogP contribution in [0.1, 0.15) is 31.2 Å². The van der Waals surface area contributed by atoms with E-state index >= 15 is 0 Å². The summed E-state index contributed by atoms with van der Waals surface area (Å²) in [5.74, 6) is 0.700. The Morgan fingerprint density at radius 3 is 2.36 bits per heavy atom. The predicted molar refractivity (Wildman–Crippen MR) is 107 cm³/mol. The van der Waals surface area contributed by atoms with Gasteiger partial charge >= 0.3 is 0 Å². The Balaban J connectivity index is 1.63. The van der Waals surface area contributed by atoms with Crippen molar-refractivity contribution in [2.75, 3.05) is 46.2 Å². The minimum Gasteiger partial charge on any atom is -0.497 e. The fourth-order valence-electron chi connectivity index (χ4n) is 4.12. The molecule has 2 aliphatic rings. The second-order valence-corrected chi connectivity index (χ2v) is 9.76. The molecule has 1 aromatic carbocycles. The van der Waals surface area contributed by atoms with Crippen LogP contribution in [0.5, 0.6) is 5.75 Å². The zero-order valence-electron chi connectivity index (χ0n) is 16.6. The topological polar surface area (TPSA) is 84.9 Å². The average molecular weight is 411 g/mol. The van der Waals surface area contributed by atoms with Gasteiger partial charge in [0.05, 0.1) is 13.4 Å². The number of carbonyl (C=O) groups excluding carboxylic acids is 1. The normalized spacial score (nSPS) is 21.2. The molecule has 0 aliphatic carbocycles. The monoisotopic (exact) mass is 410 g/mol. The molecule has 8 heteroatoms. The van der Waals surface area contributed by atoms with Gasteiger partial charge in [-0.1, -0.05) is 12.1 Å². The first kappa shape index (κ1) is 21.1. The Kier molecular flexibility index (Phi) is 6.62. The minimum absolute atomic E-state index is 0.0209. The Bertz CT molecular complexity index is 764. The van der Waals surface area contributed by atoms with E-state index in [0.29, 0.717) is 45.7 Å². The highest BCUT2D eigenvalue weighted by molar-refractivity contribution is 7.88. The summed E-state index contributed by atoms with van der Waals surface area (Å²) in [6, 6.07) is 8.05.